The number of rotatable bonds is 5. The molecule has 1 atom stereocenters. The molecule has 0 bridgehead atoms. The lowest BCUT2D eigenvalue weighted by Gasteiger charge is -2.33. The van der Waals surface area contributed by atoms with E-state index in [2.05, 4.69) is 36.0 Å². The Labute approximate surface area is 116 Å². The lowest BCUT2D eigenvalue weighted by atomic mass is 9.78. The van der Waals surface area contributed by atoms with E-state index in [9.17, 15) is 0 Å². The average molecular weight is 265 g/mol. The molecule has 1 N–H and O–H groups in total. The molecule has 1 aliphatic carbocycles. The minimum Gasteiger partial charge on any atom is -0.493 e. The molecule has 1 unspecified atom stereocenters. The Hall–Kier alpha value is -1.03. The Balaban J connectivity index is 2.23. The van der Waals surface area contributed by atoms with Crippen LogP contribution in [0, 0.1) is 11.8 Å². The highest BCUT2D eigenvalue weighted by molar-refractivity contribution is 5.29. The minimum atomic E-state index is 0.352. The van der Waals surface area contributed by atoms with Crippen LogP contribution in [-0.2, 0) is 6.54 Å². The summed E-state index contributed by atoms with van der Waals surface area (Å²) in [4.78, 5) is 0. The number of ether oxygens (including phenoxy) is 1. The van der Waals surface area contributed by atoms with Crippen molar-refractivity contribution in [1.29, 1.82) is 0 Å². The smallest absolute Gasteiger partial charge is 0.161 e. The molecule has 1 aliphatic rings. The summed E-state index contributed by atoms with van der Waals surface area (Å²) in [5, 5.41) is 7.93. The van der Waals surface area contributed by atoms with Gasteiger partial charge in [0.2, 0.25) is 0 Å². The first-order valence-electron chi connectivity index (χ1n) is 7.48. The molecule has 1 heterocycles. The number of nitrogens with one attached hydrogen (secondary N) is 1. The number of hydrogen-bond acceptors (Lipinski definition) is 3. The zero-order chi connectivity index (χ0) is 13.8. The quantitative estimate of drug-likeness (QED) is 0.889. The molecule has 4 heteroatoms. The van der Waals surface area contributed by atoms with Crippen LogP contribution in [0.5, 0.6) is 5.75 Å². The third kappa shape index (κ3) is 2.94. The lowest BCUT2D eigenvalue weighted by Crippen LogP contribution is -2.30. The van der Waals surface area contributed by atoms with Gasteiger partial charge >= 0.3 is 0 Å². The fraction of sp³-hybridized carbons (Fsp3) is 0.800. The molecule has 0 aliphatic heterocycles. The maximum absolute atomic E-state index is 5.50. The van der Waals surface area contributed by atoms with E-state index in [-0.39, 0.29) is 0 Å². The molecule has 1 fully saturated rings. The summed E-state index contributed by atoms with van der Waals surface area (Å²) in [5.74, 6) is 2.49. The van der Waals surface area contributed by atoms with Crippen molar-refractivity contribution >= 4 is 0 Å². The molecule has 0 spiro atoms. The van der Waals surface area contributed by atoms with Crippen molar-refractivity contribution in [2.75, 3.05) is 14.2 Å². The van der Waals surface area contributed by atoms with Gasteiger partial charge in [-0.1, -0.05) is 19.8 Å². The van der Waals surface area contributed by atoms with Crippen molar-refractivity contribution in [3.8, 4) is 5.75 Å². The van der Waals surface area contributed by atoms with Gasteiger partial charge in [-0.2, -0.15) is 5.10 Å². The van der Waals surface area contributed by atoms with Gasteiger partial charge in [-0.15, -0.1) is 0 Å². The van der Waals surface area contributed by atoms with E-state index in [1.54, 1.807) is 7.11 Å². The van der Waals surface area contributed by atoms with Gasteiger partial charge in [0.1, 0.15) is 0 Å². The summed E-state index contributed by atoms with van der Waals surface area (Å²) in [7, 11) is 3.78. The fourth-order valence-electron chi connectivity index (χ4n) is 3.32. The molecule has 0 amide bonds. The van der Waals surface area contributed by atoms with Gasteiger partial charge in [-0.05, 0) is 38.6 Å². The predicted molar refractivity (Wildman–Crippen MR) is 77.4 cm³/mol. The van der Waals surface area contributed by atoms with Crippen molar-refractivity contribution in [2.24, 2.45) is 11.8 Å². The molecule has 0 saturated heterocycles. The lowest BCUT2D eigenvalue weighted by molar-refractivity contribution is 0.227. The first kappa shape index (κ1) is 14.4. The zero-order valence-electron chi connectivity index (χ0n) is 12.6. The number of aryl methyl sites for hydroxylation is 1. The van der Waals surface area contributed by atoms with Gasteiger partial charge < -0.3 is 10.1 Å². The van der Waals surface area contributed by atoms with Crippen LogP contribution in [-0.4, -0.2) is 23.9 Å². The first-order valence-corrected chi connectivity index (χ1v) is 7.48. The van der Waals surface area contributed by atoms with Gasteiger partial charge in [-0.3, -0.25) is 4.68 Å². The predicted octanol–water partition coefficient (Wildman–Crippen LogP) is 3.00. The Bertz CT molecular complexity index is 373. The molecule has 0 aromatic carbocycles. The van der Waals surface area contributed by atoms with E-state index in [1.807, 2.05) is 6.20 Å². The Kier molecular flexibility index (Phi) is 4.86. The number of methoxy groups -OCH3 is 1. The third-order valence-electron chi connectivity index (χ3n) is 4.50. The van der Waals surface area contributed by atoms with Gasteiger partial charge in [0.15, 0.2) is 5.75 Å². The summed E-state index contributed by atoms with van der Waals surface area (Å²) < 4.78 is 7.57. The maximum Gasteiger partial charge on any atom is 0.161 e. The molecule has 108 valence electrons. The molecule has 0 radical (unpaired) electrons. The summed E-state index contributed by atoms with van der Waals surface area (Å²) in [6.45, 7) is 5.38. The second kappa shape index (κ2) is 6.42. The Morgan fingerprint density at radius 3 is 2.63 bits per heavy atom. The van der Waals surface area contributed by atoms with E-state index in [0.29, 0.717) is 12.0 Å². The molecule has 2 rings (SSSR count). The van der Waals surface area contributed by atoms with E-state index in [4.69, 9.17) is 4.74 Å². The van der Waals surface area contributed by atoms with Gasteiger partial charge in [0, 0.05) is 6.54 Å². The maximum atomic E-state index is 5.50. The largest absolute Gasteiger partial charge is 0.493 e. The van der Waals surface area contributed by atoms with Crippen LogP contribution in [0.3, 0.4) is 0 Å². The monoisotopic (exact) mass is 265 g/mol. The second-order valence-electron chi connectivity index (χ2n) is 5.70. The van der Waals surface area contributed by atoms with Crippen LogP contribution >= 0.6 is 0 Å². The highest BCUT2D eigenvalue weighted by Gasteiger charge is 2.30. The Morgan fingerprint density at radius 2 is 2.11 bits per heavy atom. The van der Waals surface area contributed by atoms with Crippen LogP contribution in [0.2, 0.25) is 0 Å². The van der Waals surface area contributed by atoms with E-state index in [0.717, 1.165) is 18.2 Å². The van der Waals surface area contributed by atoms with Crippen LogP contribution in [0.15, 0.2) is 6.20 Å². The first-order chi connectivity index (χ1) is 9.21. The molecule has 1 aromatic rings. The van der Waals surface area contributed by atoms with Crippen molar-refractivity contribution < 1.29 is 4.74 Å². The number of hydrogen-bond donors (Lipinski definition) is 1. The molecular formula is C15H27N3O. The molecule has 19 heavy (non-hydrogen) atoms. The summed E-state index contributed by atoms with van der Waals surface area (Å²) in [6.07, 6.45) is 7.11. The van der Waals surface area contributed by atoms with Gasteiger partial charge in [0.05, 0.1) is 25.0 Å². The van der Waals surface area contributed by atoms with Crippen molar-refractivity contribution in [3.63, 3.8) is 0 Å². The van der Waals surface area contributed by atoms with Crippen LogP contribution < -0.4 is 10.1 Å². The van der Waals surface area contributed by atoms with E-state index in [1.165, 1.54) is 31.4 Å². The molecular weight excluding hydrogens is 238 g/mol. The Morgan fingerprint density at radius 1 is 1.42 bits per heavy atom. The number of nitrogens with zero attached hydrogens (tertiary/aromatic N) is 2. The van der Waals surface area contributed by atoms with Crippen molar-refractivity contribution in [3.05, 3.63) is 11.9 Å². The van der Waals surface area contributed by atoms with Gasteiger partial charge in [-0.25, -0.2) is 0 Å². The van der Waals surface area contributed by atoms with Crippen LogP contribution in [0.25, 0.3) is 0 Å². The fourth-order valence-corrected chi connectivity index (χ4v) is 3.32. The standard InChI is InChI=1S/C15H27N3O/c1-5-18-15(13(19-4)10-17-18)14(16-3)12-8-6-11(2)7-9-12/h10-12,14,16H,5-9H2,1-4H3. The van der Waals surface area contributed by atoms with Crippen LogP contribution in [0.1, 0.15) is 51.3 Å². The van der Waals surface area contributed by atoms with E-state index < -0.39 is 0 Å². The van der Waals surface area contributed by atoms with Crippen molar-refractivity contribution in [2.45, 2.75) is 52.1 Å². The summed E-state index contributed by atoms with van der Waals surface area (Å²) in [6, 6.07) is 0.352. The molecule has 1 aromatic heterocycles. The van der Waals surface area contributed by atoms with Crippen molar-refractivity contribution in [1.82, 2.24) is 15.1 Å². The number of aromatic nitrogens is 2. The topological polar surface area (TPSA) is 39.1 Å². The highest BCUT2D eigenvalue weighted by Crippen LogP contribution is 2.39. The second-order valence-corrected chi connectivity index (χ2v) is 5.70. The molecule has 4 nitrogen and oxygen atoms in total. The van der Waals surface area contributed by atoms with Crippen LogP contribution in [0.4, 0.5) is 0 Å². The third-order valence-corrected chi connectivity index (χ3v) is 4.50. The minimum absolute atomic E-state index is 0.352. The molecule has 1 saturated carbocycles. The van der Waals surface area contributed by atoms with Gasteiger partial charge in [0.25, 0.3) is 0 Å². The SMILES string of the molecule is CCn1ncc(OC)c1C(NC)C1CCC(C)CC1. The van der Waals surface area contributed by atoms with E-state index >= 15 is 0 Å². The normalized spacial score (nSPS) is 25.3. The highest BCUT2D eigenvalue weighted by atomic mass is 16.5. The summed E-state index contributed by atoms with van der Waals surface area (Å²) in [5.41, 5.74) is 1.21. The average Bonchev–Trinajstić information content (AvgIpc) is 2.85. The summed E-state index contributed by atoms with van der Waals surface area (Å²) >= 11 is 0. The zero-order valence-corrected chi connectivity index (χ0v) is 12.6.